The smallest absolute Gasteiger partial charge is 0.267 e. The van der Waals surface area contributed by atoms with Gasteiger partial charge in [-0.15, -0.1) is 0 Å². The van der Waals surface area contributed by atoms with Gasteiger partial charge in [-0.25, -0.2) is 4.68 Å². The summed E-state index contributed by atoms with van der Waals surface area (Å²) in [6.45, 7) is 5.09. The maximum absolute atomic E-state index is 12.2. The van der Waals surface area contributed by atoms with Crippen molar-refractivity contribution >= 4 is 0 Å². The molecular formula is C16H21N5O2. The van der Waals surface area contributed by atoms with Crippen molar-refractivity contribution in [3.05, 3.63) is 39.4 Å². The van der Waals surface area contributed by atoms with Crippen LogP contribution in [-0.4, -0.2) is 37.9 Å². The first-order chi connectivity index (χ1) is 11.2. The molecule has 2 aromatic heterocycles. The van der Waals surface area contributed by atoms with E-state index in [2.05, 4.69) is 20.1 Å². The molecule has 1 saturated heterocycles. The molecular weight excluding hydrogens is 294 g/mol. The number of fused-ring (bicyclic) bond motifs is 1. The topological polar surface area (TPSA) is 77.1 Å². The van der Waals surface area contributed by atoms with Gasteiger partial charge in [-0.2, -0.15) is 10.1 Å². The fraction of sp³-hybridized carbons (Fsp3) is 0.625. The zero-order valence-corrected chi connectivity index (χ0v) is 13.4. The highest BCUT2D eigenvalue weighted by atomic mass is 16.5. The van der Waals surface area contributed by atoms with E-state index in [9.17, 15) is 4.79 Å². The van der Waals surface area contributed by atoms with Gasteiger partial charge in [0, 0.05) is 32.0 Å². The summed E-state index contributed by atoms with van der Waals surface area (Å²) in [5.74, 6) is 1.79. The van der Waals surface area contributed by atoms with E-state index in [1.165, 1.54) is 12.8 Å². The van der Waals surface area contributed by atoms with Crippen LogP contribution < -0.4 is 5.56 Å². The number of hydrogen-bond donors (Lipinski definition) is 0. The van der Waals surface area contributed by atoms with Crippen molar-refractivity contribution < 1.29 is 4.52 Å². The molecule has 0 radical (unpaired) electrons. The summed E-state index contributed by atoms with van der Waals surface area (Å²) in [5.41, 5.74) is 2.31. The predicted octanol–water partition coefficient (Wildman–Crippen LogP) is 0.946. The van der Waals surface area contributed by atoms with E-state index in [1.54, 1.807) is 17.7 Å². The fourth-order valence-corrected chi connectivity index (χ4v) is 3.50. The molecule has 0 atom stereocenters. The lowest BCUT2D eigenvalue weighted by molar-refractivity contribution is 0.0730. The van der Waals surface area contributed by atoms with Crippen LogP contribution in [0, 0.1) is 12.8 Å². The van der Waals surface area contributed by atoms with Crippen molar-refractivity contribution in [1.29, 1.82) is 0 Å². The van der Waals surface area contributed by atoms with E-state index in [4.69, 9.17) is 4.52 Å². The highest BCUT2D eigenvalue weighted by Gasteiger charge is 2.29. The van der Waals surface area contributed by atoms with Crippen molar-refractivity contribution in [1.82, 2.24) is 24.8 Å². The molecule has 1 fully saturated rings. The Morgan fingerprint density at radius 2 is 2.13 bits per heavy atom. The van der Waals surface area contributed by atoms with Gasteiger partial charge >= 0.3 is 0 Å². The summed E-state index contributed by atoms with van der Waals surface area (Å²) in [6, 6.07) is 1.79. The largest absolute Gasteiger partial charge is 0.340 e. The molecule has 4 rings (SSSR count). The fourth-order valence-electron chi connectivity index (χ4n) is 3.50. The second-order valence-corrected chi connectivity index (χ2v) is 6.63. The average molecular weight is 315 g/mol. The van der Waals surface area contributed by atoms with E-state index in [1.807, 2.05) is 0 Å². The summed E-state index contributed by atoms with van der Waals surface area (Å²) < 4.78 is 6.64. The van der Waals surface area contributed by atoms with Gasteiger partial charge in [0.2, 0.25) is 5.89 Å². The molecule has 7 nitrogen and oxygen atoms in total. The molecule has 122 valence electrons. The zero-order chi connectivity index (χ0) is 15.8. The molecule has 0 unspecified atom stereocenters. The first-order valence-corrected chi connectivity index (χ1v) is 8.29. The van der Waals surface area contributed by atoms with E-state index in [0.717, 1.165) is 43.0 Å². The molecule has 2 aromatic rings. The number of aryl methyl sites for hydroxylation is 3. The van der Waals surface area contributed by atoms with Gasteiger partial charge in [0.25, 0.3) is 5.56 Å². The minimum atomic E-state index is 0.0397. The maximum Gasteiger partial charge on any atom is 0.267 e. The standard InChI is InChI=1S/C16H21N5O2/c1-11-17-15(19-23-11)10-20-7-12(8-20)9-21-16(22)6-13-4-2-3-5-14(13)18-21/h6,12H,2-5,7-10H2,1H3. The molecule has 0 N–H and O–H groups in total. The van der Waals surface area contributed by atoms with Gasteiger partial charge in [-0.1, -0.05) is 5.16 Å². The predicted molar refractivity (Wildman–Crippen MR) is 82.9 cm³/mol. The Morgan fingerprint density at radius 3 is 2.91 bits per heavy atom. The molecule has 2 aliphatic rings. The van der Waals surface area contributed by atoms with Gasteiger partial charge in [-0.05, 0) is 31.2 Å². The summed E-state index contributed by atoms with van der Waals surface area (Å²) >= 11 is 0. The third kappa shape index (κ3) is 3.06. The molecule has 0 spiro atoms. The first-order valence-electron chi connectivity index (χ1n) is 8.29. The lowest BCUT2D eigenvalue weighted by atomic mass is 9.96. The monoisotopic (exact) mass is 315 g/mol. The third-order valence-corrected chi connectivity index (χ3v) is 4.67. The summed E-state index contributed by atoms with van der Waals surface area (Å²) in [5, 5.41) is 8.51. The highest BCUT2D eigenvalue weighted by molar-refractivity contribution is 5.20. The van der Waals surface area contributed by atoms with Crippen LogP contribution >= 0.6 is 0 Å². The summed E-state index contributed by atoms with van der Waals surface area (Å²) in [4.78, 5) is 18.7. The van der Waals surface area contributed by atoms with Gasteiger partial charge in [-0.3, -0.25) is 9.69 Å². The second kappa shape index (κ2) is 5.88. The van der Waals surface area contributed by atoms with Crippen molar-refractivity contribution in [2.45, 2.75) is 45.7 Å². The molecule has 0 amide bonds. The molecule has 23 heavy (non-hydrogen) atoms. The number of hydrogen-bond acceptors (Lipinski definition) is 6. The van der Waals surface area contributed by atoms with Crippen molar-refractivity contribution in [3.63, 3.8) is 0 Å². The Balaban J connectivity index is 1.36. The lowest BCUT2D eigenvalue weighted by Gasteiger charge is -2.38. The van der Waals surface area contributed by atoms with Crippen LogP contribution in [0.2, 0.25) is 0 Å². The molecule has 0 saturated carbocycles. The summed E-state index contributed by atoms with van der Waals surface area (Å²) in [7, 11) is 0. The normalized spacial score (nSPS) is 18.7. The van der Waals surface area contributed by atoms with Gasteiger partial charge in [0.15, 0.2) is 5.82 Å². The van der Waals surface area contributed by atoms with Crippen LogP contribution in [0.4, 0.5) is 0 Å². The second-order valence-electron chi connectivity index (χ2n) is 6.63. The minimum Gasteiger partial charge on any atom is -0.340 e. The van der Waals surface area contributed by atoms with Crippen molar-refractivity contribution in [3.8, 4) is 0 Å². The number of likely N-dealkylation sites (tertiary alicyclic amines) is 1. The van der Waals surface area contributed by atoms with Crippen LogP contribution in [0.15, 0.2) is 15.4 Å². The average Bonchev–Trinajstić information content (AvgIpc) is 2.91. The Kier molecular flexibility index (Phi) is 3.72. The zero-order valence-electron chi connectivity index (χ0n) is 13.4. The Labute approximate surface area is 134 Å². The van der Waals surface area contributed by atoms with Crippen LogP contribution in [0.5, 0.6) is 0 Å². The van der Waals surface area contributed by atoms with E-state index in [0.29, 0.717) is 24.9 Å². The molecule has 0 aromatic carbocycles. The van der Waals surface area contributed by atoms with Crippen molar-refractivity contribution in [2.75, 3.05) is 13.1 Å². The Hall–Kier alpha value is -2.02. The van der Waals surface area contributed by atoms with Crippen LogP contribution in [0.25, 0.3) is 0 Å². The van der Waals surface area contributed by atoms with Crippen molar-refractivity contribution in [2.24, 2.45) is 5.92 Å². The summed E-state index contributed by atoms with van der Waals surface area (Å²) in [6.07, 6.45) is 4.36. The van der Waals surface area contributed by atoms with Gasteiger partial charge in [0.05, 0.1) is 18.8 Å². The SMILES string of the molecule is Cc1nc(CN2CC(Cn3nc4c(cc3=O)CCCC4)C2)no1. The number of rotatable bonds is 4. The van der Waals surface area contributed by atoms with Gasteiger partial charge in [0.1, 0.15) is 0 Å². The highest BCUT2D eigenvalue weighted by Crippen LogP contribution is 2.20. The van der Waals surface area contributed by atoms with E-state index in [-0.39, 0.29) is 5.56 Å². The van der Waals surface area contributed by atoms with Crippen LogP contribution in [-0.2, 0) is 25.9 Å². The van der Waals surface area contributed by atoms with E-state index >= 15 is 0 Å². The van der Waals surface area contributed by atoms with E-state index < -0.39 is 0 Å². The maximum atomic E-state index is 12.2. The quantitative estimate of drug-likeness (QED) is 0.836. The van der Waals surface area contributed by atoms with Gasteiger partial charge < -0.3 is 4.52 Å². The minimum absolute atomic E-state index is 0.0397. The van der Waals surface area contributed by atoms with Crippen LogP contribution in [0.1, 0.15) is 35.8 Å². The molecule has 0 bridgehead atoms. The molecule has 1 aliphatic heterocycles. The molecule has 7 heteroatoms. The van der Waals surface area contributed by atoms with Crippen LogP contribution in [0.3, 0.4) is 0 Å². The Bertz CT molecular complexity index is 760. The third-order valence-electron chi connectivity index (χ3n) is 4.67. The number of aromatic nitrogens is 4. The number of nitrogens with zero attached hydrogens (tertiary/aromatic N) is 5. The Morgan fingerprint density at radius 1 is 1.30 bits per heavy atom. The lowest BCUT2D eigenvalue weighted by Crippen LogP contribution is -2.49. The first kappa shape index (κ1) is 14.6. The molecule has 1 aliphatic carbocycles. The molecule has 3 heterocycles.